The Hall–Kier alpha value is -3.57. The summed E-state index contributed by atoms with van der Waals surface area (Å²) in [7, 11) is 0. The Morgan fingerprint density at radius 1 is 1.25 bits per heavy atom. The van der Waals surface area contributed by atoms with Crippen LogP contribution in [-0.4, -0.2) is 55.6 Å². The fraction of sp³-hybridized carbons (Fsp3) is 0.333. The highest BCUT2D eigenvalue weighted by Gasteiger charge is 2.26. The molecule has 1 aliphatic rings. The zero-order valence-corrected chi connectivity index (χ0v) is 20.4. The number of fused-ring (bicyclic) bond motifs is 1. The van der Waals surface area contributed by atoms with Crippen LogP contribution in [0.5, 0.6) is 0 Å². The number of carbonyl (C=O) groups is 1. The number of alkyl halides is 3. The van der Waals surface area contributed by atoms with Crippen molar-refractivity contribution < 1.29 is 18.3 Å². The number of benzene rings is 1. The topological polar surface area (TPSA) is 89.6 Å². The fourth-order valence-corrected chi connectivity index (χ4v) is 4.28. The summed E-state index contributed by atoms with van der Waals surface area (Å²) in [5.41, 5.74) is 1.29. The van der Waals surface area contributed by atoms with E-state index in [4.69, 9.17) is 16.3 Å². The maximum Gasteiger partial charge on any atom is 0.284 e. The lowest BCUT2D eigenvalue weighted by molar-refractivity contribution is 0.0340. The number of aromatic nitrogens is 5. The smallest absolute Gasteiger partial charge is 0.284 e. The van der Waals surface area contributed by atoms with Gasteiger partial charge in [0.25, 0.3) is 12.3 Å². The summed E-state index contributed by atoms with van der Waals surface area (Å²) in [6, 6.07) is 8.93. The number of anilines is 2. The molecule has 0 spiro atoms. The van der Waals surface area contributed by atoms with E-state index in [2.05, 4.69) is 25.4 Å². The van der Waals surface area contributed by atoms with Crippen molar-refractivity contribution in [3.63, 3.8) is 0 Å². The number of rotatable bonds is 6. The predicted octanol–water partition coefficient (Wildman–Crippen LogP) is 4.46. The van der Waals surface area contributed by atoms with Crippen LogP contribution in [0.1, 0.15) is 41.9 Å². The number of carbonyl (C=O) groups excluding carboxylic acids is 1. The molecule has 0 bridgehead atoms. The molecule has 1 saturated heterocycles. The first-order valence-corrected chi connectivity index (χ1v) is 11.9. The molecule has 1 aromatic carbocycles. The Balaban J connectivity index is 1.44. The molecule has 1 N–H and O–H groups in total. The summed E-state index contributed by atoms with van der Waals surface area (Å²) in [4.78, 5) is 19.9. The summed E-state index contributed by atoms with van der Waals surface area (Å²) in [5.74, 6) is 0.403. The number of nitrogens with one attached hydrogen (secondary N) is 1. The van der Waals surface area contributed by atoms with Crippen molar-refractivity contribution in [3.05, 3.63) is 65.7 Å². The quantitative estimate of drug-likeness (QED) is 0.381. The van der Waals surface area contributed by atoms with Crippen molar-refractivity contribution in [2.24, 2.45) is 0 Å². The van der Waals surface area contributed by atoms with E-state index in [9.17, 15) is 13.6 Å². The van der Waals surface area contributed by atoms with E-state index >= 15 is 0 Å². The molecule has 188 valence electrons. The molecule has 0 saturated carbocycles. The first-order valence-electron chi connectivity index (χ1n) is 11.4. The maximum atomic E-state index is 13.8. The van der Waals surface area contributed by atoms with Gasteiger partial charge in [0.05, 0.1) is 42.5 Å². The summed E-state index contributed by atoms with van der Waals surface area (Å²) in [6.07, 6.45) is 1.60. The standard InChI is InChI=1S/C24H24ClF2N7O2/c1-14-13-36-15(2)11-32(14)20-7-8-33-23(30-20)18(10-28-33)24(35)29-19-12-34(31-21(19)22(26)27)17-5-3-16(9-25)4-6-17/h3-8,10,12,14-15,22H,9,11,13H2,1-2H3,(H,29,35)/t14-,15-/m1/s1. The highest BCUT2D eigenvalue weighted by Crippen LogP contribution is 2.28. The number of hydrogen-bond donors (Lipinski definition) is 1. The number of hydrogen-bond acceptors (Lipinski definition) is 6. The Morgan fingerprint density at radius 3 is 2.75 bits per heavy atom. The Bertz CT molecular complexity index is 1390. The zero-order chi connectivity index (χ0) is 25.4. The minimum atomic E-state index is -2.89. The number of ether oxygens (including phenoxy) is 1. The Labute approximate surface area is 210 Å². The van der Waals surface area contributed by atoms with Crippen molar-refractivity contribution in [1.82, 2.24) is 24.4 Å². The van der Waals surface area contributed by atoms with Gasteiger partial charge in [-0.05, 0) is 37.6 Å². The van der Waals surface area contributed by atoms with Gasteiger partial charge in [-0.2, -0.15) is 10.2 Å². The van der Waals surface area contributed by atoms with Crippen LogP contribution in [0.4, 0.5) is 20.3 Å². The summed E-state index contributed by atoms with van der Waals surface area (Å²) in [6.45, 7) is 5.25. The number of morpholine rings is 1. The van der Waals surface area contributed by atoms with Crippen LogP contribution in [0.25, 0.3) is 11.3 Å². The van der Waals surface area contributed by atoms with Crippen molar-refractivity contribution in [2.45, 2.75) is 38.3 Å². The molecule has 2 atom stereocenters. The van der Waals surface area contributed by atoms with Crippen LogP contribution >= 0.6 is 11.6 Å². The highest BCUT2D eigenvalue weighted by molar-refractivity contribution is 6.17. The molecule has 0 radical (unpaired) electrons. The van der Waals surface area contributed by atoms with E-state index in [0.717, 1.165) is 5.56 Å². The first kappa shape index (κ1) is 24.1. The van der Waals surface area contributed by atoms with Crippen LogP contribution in [0.15, 0.2) is 48.9 Å². The van der Waals surface area contributed by atoms with Gasteiger partial charge in [0, 0.05) is 18.6 Å². The maximum absolute atomic E-state index is 13.8. The Morgan fingerprint density at radius 2 is 2.03 bits per heavy atom. The molecule has 4 aromatic rings. The van der Waals surface area contributed by atoms with E-state index in [1.165, 1.54) is 21.6 Å². The van der Waals surface area contributed by atoms with Gasteiger partial charge in [-0.15, -0.1) is 11.6 Å². The zero-order valence-electron chi connectivity index (χ0n) is 19.6. The van der Waals surface area contributed by atoms with E-state index in [0.29, 0.717) is 36.2 Å². The van der Waals surface area contributed by atoms with Gasteiger partial charge < -0.3 is 15.0 Å². The van der Waals surface area contributed by atoms with Gasteiger partial charge in [0.15, 0.2) is 11.3 Å². The van der Waals surface area contributed by atoms with Crippen LogP contribution in [-0.2, 0) is 10.6 Å². The highest BCUT2D eigenvalue weighted by atomic mass is 35.5. The SMILES string of the molecule is C[C@@H]1CN(c2ccn3ncc(C(=O)Nc4cn(-c5ccc(CCl)cc5)nc4C(F)F)c3n2)[C@H](C)CO1. The number of halogens is 3. The molecular weight excluding hydrogens is 492 g/mol. The molecule has 9 nitrogen and oxygen atoms in total. The van der Waals surface area contributed by atoms with E-state index in [-0.39, 0.29) is 23.4 Å². The van der Waals surface area contributed by atoms with Gasteiger partial charge in [-0.25, -0.2) is 23.0 Å². The molecule has 3 aromatic heterocycles. The van der Waals surface area contributed by atoms with Crippen molar-refractivity contribution in [3.8, 4) is 5.69 Å². The molecule has 1 amide bonds. The third-order valence-corrected chi connectivity index (χ3v) is 6.36. The van der Waals surface area contributed by atoms with E-state index in [1.807, 2.05) is 19.9 Å². The molecule has 12 heteroatoms. The average Bonchev–Trinajstić information content (AvgIpc) is 3.49. The van der Waals surface area contributed by atoms with Crippen molar-refractivity contribution in [2.75, 3.05) is 23.4 Å². The third kappa shape index (κ3) is 4.63. The molecule has 4 heterocycles. The molecule has 1 aliphatic heterocycles. The average molecular weight is 516 g/mol. The molecular formula is C24H24ClF2N7O2. The van der Waals surface area contributed by atoms with E-state index < -0.39 is 18.0 Å². The Kier molecular flexibility index (Phi) is 6.59. The lowest BCUT2D eigenvalue weighted by Crippen LogP contribution is -2.47. The normalized spacial score (nSPS) is 18.2. The monoisotopic (exact) mass is 515 g/mol. The molecule has 0 aliphatic carbocycles. The molecule has 36 heavy (non-hydrogen) atoms. The van der Waals surface area contributed by atoms with Crippen molar-refractivity contribution >= 4 is 34.7 Å². The molecule has 0 unspecified atom stereocenters. The predicted molar refractivity (Wildman–Crippen MR) is 131 cm³/mol. The number of nitrogens with zero attached hydrogens (tertiary/aromatic N) is 6. The van der Waals surface area contributed by atoms with Gasteiger partial charge in [-0.1, -0.05) is 12.1 Å². The lowest BCUT2D eigenvalue weighted by Gasteiger charge is -2.37. The summed E-state index contributed by atoms with van der Waals surface area (Å²) < 4.78 is 36.0. The minimum Gasteiger partial charge on any atom is -0.375 e. The largest absolute Gasteiger partial charge is 0.375 e. The van der Waals surface area contributed by atoms with E-state index in [1.54, 1.807) is 30.5 Å². The molecule has 5 rings (SSSR count). The molecule has 1 fully saturated rings. The fourth-order valence-electron chi connectivity index (χ4n) is 4.11. The van der Waals surface area contributed by atoms with Crippen LogP contribution in [0.3, 0.4) is 0 Å². The summed E-state index contributed by atoms with van der Waals surface area (Å²) >= 11 is 5.82. The van der Waals surface area contributed by atoms with Crippen molar-refractivity contribution in [1.29, 1.82) is 0 Å². The van der Waals surface area contributed by atoms with Crippen LogP contribution < -0.4 is 10.2 Å². The van der Waals surface area contributed by atoms with Crippen LogP contribution in [0.2, 0.25) is 0 Å². The first-order chi connectivity index (χ1) is 17.3. The van der Waals surface area contributed by atoms with Gasteiger partial charge >= 0.3 is 0 Å². The second-order valence-electron chi connectivity index (χ2n) is 8.68. The van der Waals surface area contributed by atoms with Gasteiger partial charge in [-0.3, -0.25) is 4.79 Å². The van der Waals surface area contributed by atoms with Gasteiger partial charge in [0.2, 0.25) is 0 Å². The lowest BCUT2D eigenvalue weighted by atomic mass is 10.2. The minimum absolute atomic E-state index is 0.0438. The summed E-state index contributed by atoms with van der Waals surface area (Å²) in [5, 5.41) is 10.7. The number of amides is 1. The van der Waals surface area contributed by atoms with Crippen LogP contribution in [0, 0.1) is 0 Å². The second kappa shape index (κ2) is 9.82. The third-order valence-electron chi connectivity index (χ3n) is 6.05. The second-order valence-corrected chi connectivity index (χ2v) is 8.95. The van der Waals surface area contributed by atoms with Gasteiger partial charge in [0.1, 0.15) is 11.4 Å².